The Labute approximate surface area is 248 Å². The molecule has 0 fully saturated rings. The number of carbonyl (C=O) groups is 3. The van der Waals surface area contributed by atoms with E-state index >= 15 is 0 Å². The van der Waals surface area contributed by atoms with Crippen LogP contribution < -0.4 is 4.74 Å². The molecule has 0 unspecified atom stereocenters. The second-order valence-corrected chi connectivity index (χ2v) is 10.4. The number of esters is 1. The van der Waals surface area contributed by atoms with Crippen molar-refractivity contribution >= 4 is 40.3 Å². The SMILES string of the molecule is C/C=C\C=C/CC(=O)Oc1c(Cc2ccc(Cl)cc2)nc2c3c(ccc2c1C(=O)O)CCN(C(=O)c1ccccc1)C3. The topological polar surface area (TPSA) is 96.8 Å². The molecule has 212 valence electrons. The van der Waals surface area contributed by atoms with E-state index in [0.29, 0.717) is 40.1 Å². The van der Waals surface area contributed by atoms with Crippen LogP contribution in [0.2, 0.25) is 5.02 Å². The molecular weight excluding hydrogens is 552 g/mol. The number of aromatic carboxylic acids is 1. The van der Waals surface area contributed by atoms with E-state index < -0.39 is 11.9 Å². The molecule has 0 atom stereocenters. The molecule has 0 bridgehead atoms. The van der Waals surface area contributed by atoms with Crippen molar-refractivity contribution in [3.63, 3.8) is 0 Å². The Balaban J connectivity index is 1.62. The average molecular weight is 581 g/mol. The lowest BCUT2D eigenvalue weighted by atomic mass is 9.93. The predicted molar refractivity (Wildman–Crippen MR) is 162 cm³/mol. The van der Waals surface area contributed by atoms with Crippen LogP contribution in [-0.4, -0.2) is 39.4 Å². The summed E-state index contributed by atoms with van der Waals surface area (Å²) in [5.41, 5.74) is 3.85. The van der Waals surface area contributed by atoms with Gasteiger partial charge in [0.1, 0.15) is 5.56 Å². The number of benzene rings is 3. The normalized spacial score (nSPS) is 13.0. The standard InChI is InChI=1S/C34H29ClN2O5/c1-2-3-4-8-11-29(38)42-32-28(20-22-12-15-25(35)16-13-22)36-31-26(30(32)34(40)41)17-14-23-18-19-37(21-27(23)31)33(39)24-9-6-5-7-10-24/h2-10,12-17H,11,18-21H2,1H3,(H,40,41)/b3-2-,8-4-. The van der Waals surface area contributed by atoms with Crippen LogP contribution in [0.3, 0.4) is 0 Å². The summed E-state index contributed by atoms with van der Waals surface area (Å²) in [6, 6.07) is 19.8. The van der Waals surface area contributed by atoms with Crippen molar-refractivity contribution in [1.82, 2.24) is 9.88 Å². The van der Waals surface area contributed by atoms with Gasteiger partial charge in [-0.3, -0.25) is 9.59 Å². The first-order chi connectivity index (χ1) is 20.4. The van der Waals surface area contributed by atoms with Crippen molar-refractivity contribution < 1.29 is 24.2 Å². The van der Waals surface area contributed by atoms with Crippen molar-refractivity contribution in [2.75, 3.05) is 6.54 Å². The fraction of sp³-hybridized carbons (Fsp3) is 0.176. The van der Waals surface area contributed by atoms with Crippen LogP contribution in [0.15, 0.2) is 91.0 Å². The van der Waals surface area contributed by atoms with Gasteiger partial charge in [-0.1, -0.05) is 78.4 Å². The smallest absolute Gasteiger partial charge is 0.340 e. The first kappa shape index (κ1) is 28.8. The summed E-state index contributed by atoms with van der Waals surface area (Å²) < 4.78 is 5.74. The fourth-order valence-electron chi connectivity index (χ4n) is 5.08. The maximum Gasteiger partial charge on any atom is 0.340 e. The number of aromatic nitrogens is 1. The fourth-order valence-corrected chi connectivity index (χ4v) is 5.21. The first-order valence-electron chi connectivity index (χ1n) is 13.6. The van der Waals surface area contributed by atoms with Gasteiger partial charge < -0.3 is 14.7 Å². The number of ether oxygens (including phenoxy) is 1. The monoisotopic (exact) mass is 580 g/mol. The number of carboxylic acids is 1. The third-order valence-electron chi connectivity index (χ3n) is 7.13. The molecule has 1 amide bonds. The van der Waals surface area contributed by atoms with Gasteiger partial charge in [-0.25, -0.2) is 9.78 Å². The van der Waals surface area contributed by atoms with Gasteiger partial charge in [-0.2, -0.15) is 0 Å². The highest BCUT2D eigenvalue weighted by Crippen LogP contribution is 2.36. The number of allylic oxidation sites excluding steroid dienone is 3. The number of halogens is 1. The second kappa shape index (κ2) is 12.8. The zero-order valence-electron chi connectivity index (χ0n) is 23.0. The Morgan fingerprint density at radius 2 is 1.79 bits per heavy atom. The van der Waals surface area contributed by atoms with Crippen LogP contribution in [0.4, 0.5) is 0 Å². The van der Waals surface area contributed by atoms with Crippen molar-refractivity contribution in [2.24, 2.45) is 0 Å². The zero-order chi connectivity index (χ0) is 29.6. The van der Waals surface area contributed by atoms with E-state index in [1.54, 1.807) is 53.5 Å². The Kier molecular flexibility index (Phi) is 8.79. The number of pyridine rings is 1. The molecular formula is C34H29ClN2O5. The lowest BCUT2D eigenvalue weighted by Crippen LogP contribution is -2.36. The van der Waals surface area contributed by atoms with Gasteiger partial charge in [0.25, 0.3) is 5.91 Å². The molecule has 3 aromatic carbocycles. The Bertz CT molecular complexity index is 1710. The van der Waals surface area contributed by atoms with E-state index in [4.69, 9.17) is 21.3 Å². The largest absolute Gasteiger partial charge is 0.478 e. The highest BCUT2D eigenvalue weighted by Gasteiger charge is 2.29. The number of rotatable bonds is 8. The lowest BCUT2D eigenvalue weighted by molar-refractivity contribution is -0.133. The lowest BCUT2D eigenvalue weighted by Gasteiger charge is -2.30. The van der Waals surface area contributed by atoms with E-state index in [0.717, 1.165) is 16.7 Å². The molecule has 5 rings (SSSR count). The number of hydrogen-bond donors (Lipinski definition) is 1. The molecule has 1 aromatic heterocycles. The molecule has 0 spiro atoms. The van der Waals surface area contributed by atoms with Crippen LogP contribution in [-0.2, 0) is 24.2 Å². The minimum atomic E-state index is -1.24. The quantitative estimate of drug-likeness (QED) is 0.182. The van der Waals surface area contributed by atoms with Crippen LogP contribution in [0.5, 0.6) is 5.75 Å². The van der Waals surface area contributed by atoms with Gasteiger partial charge >= 0.3 is 11.9 Å². The van der Waals surface area contributed by atoms with Gasteiger partial charge in [0.15, 0.2) is 5.75 Å². The number of hydrogen-bond acceptors (Lipinski definition) is 5. The maximum atomic E-state index is 13.3. The van der Waals surface area contributed by atoms with Crippen LogP contribution >= 0.6 is 11.6 Å². The summed E-state index contributed by atoms with van der Waals surface area (Å²) >= 11 is 6.09. The van der Waals surface area contributed by atoms with E-state index in [-0.39, 0.29) is 36.6 Å². The summed E-state index contributed by atoms with van der Waals surface area (Å²) in [6.07, 6.45) is 7.76. The molecule has 0 aliphatic carbocycles. The predicted octanol–water partition coefficient (Wildman–Crippen LogP) is 6.80. The third kappa shape index (κ3) is 6.26. The molecule has 0 radical (unpaired) electrons. The molecule has 4 aromatic rings. The van der Waals surface area contributed by atoms with Gasteiger partial charge in [-0.15, -0.1) is 0 Å². The Morgan fingerprint density at radius 3 is 2.50 bits per heavy atom. The van der Waals surface area contributed by atoms with E-state index in [1.807, 2.05) is 49.4 Å². The summed E-state index contributed by atoms with van der Waals surface area (Å²) in [5.74, 6) is -2.02. The van der Waals surface area contributed by atoms with Crippen molar-refractivity contribution in [2.45, 2.75) is 32.7 Å². The van der Waals surface area contributed by atoms with E-state index in [2.05, 4.69) is 0 Å². The molecule has 1 aliphatic rings. The number of nitrogens with zero attached hydrogens (tertiary/aromatic N) is 2. The number of carboxylic acid groups (broad SMARTS) is 1. The van der Waals surface area contributed by atoms with Gasteiger partial charge in [0, 0.05) is 41.0 Å². The first-order valence-corrected chi connectivity index (χ1v) is 14.0. The number of fused-ring (bicyclic) bond motifs is 3. The minimum Gasteiger partial charge on any atom is -0.478 e. The van der Waals surface area contributed by atoms with Gasteiger partial charge in [0.2, 0.25) is 0 Å². The maximum absolute atomic E-state index is 13.3. The zero-order valence-corrected chi connectivity index (χ0v) is 23.8. The Hall–Kier alpha value is -4.75. The van der Waals surface area contributed by atoms with Crippen molar-refractivity contribution in [1.29, 1.82) is 0 Å². The van der Waals surface area contributed by atoms with Gasteiger partial charge in [0.05, 0.1) is 17.6 Å². The minimum absolute atomic E-state index is 0.0391. The van der Waals surface area contributed by atoms with Crippen LogP contribution in [0.25, 0.3) is 10.9 Å². The van der Waals surface area contributed by atoms with Crippen molar-refractivity contribution in [3.05, 3.63) is 130 Å². The molecule has 0 saturated heterocycles. The summed E-state index contributed by atoms with van der Waals surface area (Å²) in [6.45, 7) is 2.68. The molecule has 2 heterocycles. The van der Waals surface area contributed by atoms with Gasteiger partial charge in [-0.05, 0) is 48.7 Å². The average Bonchev–Trinajstić information content (AvgIpc) is 3.00. The van der Waals surface area contributed by atoms with E-state index in [9.17, 15) is 19.5 Å². The second-order valence-electron chi connectivity index (χ2n) is 9.95. The molecule has 1 N–H and O–H groups in total. The Morgan fingerprint density at radius 1 is 1.02 bits per heavy atom. The third-order valence-corrected chi connectivity index (χ3v) is 7.38. The molecule has 0 saturated carbocycles. The molecule has 8 heteroatoms. The highest BCUT2D eigenvalue weighted by atomic mass is 35.5. The summed E-state index contributed by atoms with van der Waals surface area (Å²) in [7, 11) is 0. The van der Waals surface area contributed by atoms with Crippen molar-refractivity contribution in [3.8, 4) is 5.75 Å². The molecule has 7 nitrogen and oxygen atoms in total. The van der Waals surface area contributed by atoms with Crippen LogP contribution in [0, 0.1) is 0 Å². The summed E-state index contributed by atoms with van der Waals surface area (Å²) in [4.78, 5) is 45.6. The number of amides is 1. The van der Waals surface area contributed by atoms with Crippen LogP contribution in [0.1, 0.15) is 56.4 Å². The summed E-state index contributed by atoms with van der Waals surface area (Å²) in [5, 5.41) is 11.3. The molecule has 42 heavy (non-hydrogen) atoms. The highest BCUT2D eigenvalue weighted by molar-refractivity contribution is 6.30. The van der Waals surface area contributed by atoms with E-state index in [1.165, 1.54) is 0 Å². The molecule has 1 aliphatic heterocycles. The number of carbonyl (C=O) groups excluding carboxylic acids is 2.